The second-order valence-corrected chi connectivity index (χ2v) is 4.71. The van der Waals surface area contributed by atoms with E-state index in [1.54, 1.807) is 7.11 Å². The van der Waals surface area contributed by atoms with Crippen LogP contribution in [-0.4, -0.2) is 62.0 Å². The molecule has 0 heterocycles. The summed E-state index contributed by atoms with van der Waals surface area (Å²) in [7, 11) is 3.69. The summed E-state index contributed by atoms with van der Waals surface area (Å²) in [4.78, 5) is 2.46. The number of likely N-dealkylation sites (N-methyl/N-ethyl adjacent to an activating group) is 2. The van der Waals surface area contributed by atoms with Gasteiger partial charge in [-0.25, -0.2) is 0 Å². The van der Waals surface area contributed by atoms with Crippen molar-refractivity contribution in [3.8, 4) is 0 Å². The lowest BCUT2D eigenvalue weighted by Crippen LogP contribution is -2.46. The van der Waals surface area contributed by atoms with Gasteiger partial charge in [-0.15, -0.1) is 0 Å². The highest BCUT2D eigenvalue weighted by molar-refractivity contribution is 4.98. The van der Waals surface area contributed by atoms with E-state index in [0.29, 0.717) is 6.04 Å². The van der Waals surface area contributed by atoms with E-state index in [4.69, 9.17) is 4.74 Å². The van der Waals surface area contributed by atoms with E-state index in [1.165, 1.54) is 6.42 Å². The van der Waals surface area contributed by atoms with Gasteiger partial charge in [0.25, 0.3) is 0 Å². The fourth-order valence-corrected chi connectivity index (χ4v) is 2.67. The monoisotopic (exact) mass is 230 g/mol. The topological polar surface area (TPSA) is 44.7 Å². The van der Waals surface area contributed by atoms with Gasteiger partial charge in [0.15, 0.2) is 0 Å². The van der Waals surface area contributed by atoms with Crippen molar-refractivity contribution in [3.05, 3.63) is 0 Å². The lowest BCUT2D eigenvalue weighted by atomic mass is 9.99. The molecule has 0 aromatic rings. The Kier molecular flexibility index (Phi) is 5.69. The number of aliphatic hydroxyl groups is 1. The summed E-state index contributed by atoms with van der Waals surface area (Å²) in [5, 5.41) is 12.7. The molecule has 0 aromatic carbocycles. The molecule has 1 rings (SSSR count). The molecule has 0 aliphatic heterocycles. The van der Waals surface area contributed by atoms with Crippen LogP contribution in [-0.2, 0) is 4.74 Å². The highest BCUT2D eigenvalue weighted by Gasteiger charge is 2.39. The second kappa shape index (κ2) is 6.55. The number of rotatable bonds is 7. The second-order valence-electron chi connectivity index (χ2n) is 4.71. The normalized spacial score (nSPS) is 30.2. The fourth-order valence-electron chi connectivity index (χ4n) is 2.67. The molecular formula is C12H26N2O2. The van der Waals surface area contributed by atoms with Crippen molar-refractivity contribution in [2.24, 2.45) is 0 Å². The summed E-state index contributed by atoms with van der Waals surface area (Å²) < 4.78 is 5.13. The van der Waals surface area contributed by atoms with Crippen LogP contribution in [0.15, 0.2) is 0 Å². The number of hydrogen-bond acceptors (Lipinski definition) is 4. The smallest absolute Gasteiger partial charge is 0.0613 e. The third-order valence-corrected chi connectivity index (χ3v) is 3.92. The molecule has 1 fully saturated rings. The van der Waals surface area contributed by atoms with Crippen molar-refractivity contribution in [2.75, 3.05) is 40.5 Å². The van der Waals surface area contributed by atoms with Gasteiger partial charge in [-0.3, -0.25) is 4.90 Å². The average Bonchev–Trinajstić information content (AvgIpc) is 2.75. The zero-order valence-electron chi connectivity index (χ0n) is 10.8. The SMILES string of the molecule is CCN(CCOC)C1CCC(CO)(NC)C1. The summed E-state index contributed by atoms with van der Waals surface area (Å²) in [6, 6.07) is 0.583. The molecule has 1 aliphatic rings. The zero-order chi connectivity index (χ0) is 12.0. The minimum Gasteiger partial charge on any atom is -0.394 e. The molecule has 1 saturated carbocycles. The van der Waals surface area contributed by atoms with Crippen LogP contribution in [0.3, 0.4) is 0 Å². The molecular weight excluding hydrogens is 204 g/mol. The molecule has 16 heavy (non-hydrogen) atoms. The van der Waals surface area contributed by atoms with Crippen molar-refractivity contribution in [1.82, 2.24) is 10.2 Å². The van der Waals surface area contributed by atoms with E-state index in [-0.39, 0.29) is 12.1 Å². The Hall–Kier alpha value is -0.160. The van der Waals surface area contributed by atoms with E-state index in [1.807, 2.05) is 7.05 Å². The predicted octanol–water partition coefficient (Wildman–Crippen LogP) is 0.458. The number of nitrogens with one attached hydrogen (secondary N) is 1. The van der Waals surface area contributed by atoms with Gasteiger partial charge in [0.1, 0.15) is 0 Å². The first-order valence-electron chi connectivity index (χ1n) is 6.24. The van der Waals surface area contributed by atoms with Crippen LogP contribution >= 0.6 is 0 Å². The molecule has 96 valence electrons. The minimum atomic E-state index is -0.0504. The first-order valence-corrected chi connectivity index (χ1v) is 6.24. The van der Waals surface area contributed by atoms with E-state index >= 15 is 0 Å². The maximum Gasteiger partial charge on any atom is 0.0613 e. The molecule has 2 N–H and O–H groups in total. The molecule has 1 aliphatic carbocycles. The molecule has 0 amide bonds. The van der Waals surface area contributed by atoms with Crippen LogP contribution < -0.4 is 5.32 Å². The van der Waals surface area contributed by atoms with Crippen molar-refractivity contribution >= 4 is 0 Å². The molecule has 0 saturated heterocycles. The molecule has 4 nitrogen and oxygen atoms in total. The van der Waals surface area contributed by atoms with Crippen molar-refractivity contribution < 1.29 is 9.84 Å². The summed E-state index contributed by atoms with van der Waals surface area (Å²) >= 11 is 0. The molecule has 2 atom stereocenters. The molecule has 4 heteroatoms. The summed E-state index contributed by atoms with van der Waals surface area (Å²) in [5.41, 5.74) is -0.0504. The van der Waals surface area contributed by atoms with Gasteiger partial charge in [0.2, 0.25) is 0 Å². The minimum absolute atomic E-state index is 0.0504. The maximum absolute atomic E-state index is 9.46. The van der Waals surface area contributed by atoms with Crippen molar-refractivity contribution in [3.63, 3.8) is 0 Å². The third-order valence-electron chi connectivity index (χ3n) is 3.92. The Morgan fingerprint density at radius 3 is 2.75 bits per heavy atom. The first kappa shape index (κ1) is 13.9. The standard InChI is InChI=1S/C12H26N2O2/c1-4-14(7-8-16-3)11-5-6-12(9-11,10-15)13-2/h11,13,15H,4-10H2,1-3H3. The molecule has 0 radical (unpaired) electrons. The summed E-state index contributed by atoms with van der Waals surface area (Å²) in [6.07, 6.45) is 3.27. The van der Waals surface area contributed by atoms with Crippen LogP contribution in [0.25, 0.3) is 0 Å². The van der Waals surface area contributed by atoms with Gasteiger partial charge in [-0.05, 0) is 32.9 Å². The highest BCUT2D eigenvalue weighted by Crippen LogP contribution is 2.32. The Bertz CT molecular complexity index is 195. The van der Waals surface area contributed by atoms with Gasteiger partial charge >= 0.3 is 0 Å². The third kappa shape index (κ3) is 3.17. The lowest BCUT2D eigenvalue weighted by Gasteiger charge is -2.30. The lowest BCUT2D eigenvalue weighted by molar-refractivity contribution is 0.114. The van der Waals surface area contributed by atoms with Gasteiger partial charge in [0.05, 0.1) is 13.2 Å². The number of ether oxygens (including phenoxy) is 1. The number of aliphatic hydroxyl groups excluding tert-OH is 1. The fraction of sp³-hybridized carbons (Fsp3) is 1.00. The molecule has 0 aromatic heterocycles. The Labute approximate surface area is 99.0 Å². The van der Waals surface area contributed by atoms with Gasteiger partial charge in [-0.2, -0.15) is 0 Å². The zero-order valence-corrected chi connectivity index (χ0v) is 10.8. The van der Waals surface area contributed by atoms with Crippen LogP contribution in [0.2, 0.25) is 0 Å². The molecule has 0 spiro atoms. The quantitative estimate of drug-likeness (QED) is 0.667. The van der Waals surface area contributed by atoms with Crippen molar-refractivity contribution in [1.29, 1.82) is 0 Å². The molecule has 0 bridgehead atoms. The van der Waals surface area contributed by atoms with E-state index < -0.39 is 0 Å². The Morgan fingerprint density at radius 2 is 2.31 bits per heavy atom. The molecule has 2 unspecified atom stereocenters. The van der Waals surface area contributed by atoms with Crippen LogP contribution in [0, 0.1) is 0 Å². The van der Waals surface area contributed by atoms with Gasteiger partial charge in [-0.1, -0.05) is 6.92 Å². The Balaban J connectivity index is 2.49. The summed E-state index contributed by atoms with van der Waals surface area (Å²) in [6.45, 7) is 5.26. The van der Waals surface area contributed by atoms with Crippen molar-refractivity contribution in [2.45, 2.75) is 37.8 Å². The number of methoxy groups -OCH3 is 1. The van der Waals surface area contributed by atoms with Gasteiger partial charge in [0, 0.05) is 25.2 Å². The van der Waals surface area contributed by atoms with Crippen LogP contribution in [0.1, 0.15) is 26.2 Å². The average molecular weight is 230 g/mol. The Morgan fingerprint density at radius 1 is 1.56 bits per heavy atom. The first-order chi connectivity index (χ1) is 7.71. The summed E-state index contributed by atoms with van der Waals surface area (Å²) in [5.74, 6) is 0. The van der Waals surface area contributed by atoms with E-state index in [2.05, 4.69) is 17.1 Å². The van der Waals surface area contributed by atoms with Crippen LogP contribution in [0.5, 0.6) is 0 Å². The predicted molar refractivity (Wildman–Crippen MR) is 65.6 cm³/mol. The number of hydrogen-bond donors (Lipinski definition) is 2. The number of nitrogens with zero attached hydrogens (tertiary/aromatic N) is 1. The van der Waals surface area contributed by atoms with E-state index in [9.17, 15) is 5.11 Å². The maximum atomic E-state index is 9.46. The van der Waals surface area contributed by atoms with Crippen LogP contribution in [0.4, 0.5) is 0 Å². The highest BCUT2D eigenvalue weighted by atomic mass is 16.5. The van der Waals surface area contributed by atoms with E-state index in [0.717, 1.165) is 32.5 Å². The largest absolute Gasteiger partial charge is 0.394 e. The van der Waals surface area contributed by atoms with Gasteiger partial charge < -0.3 is 15.2 Å².